The van der Waals surface area contributed by atoms with Crippen molar-refractivity contribution in [3.63, 3.8) is 0 Å². The van der Waals surface area contributed by atoms with Crippen LogP contribution in [0.4, 0.5) is 0 Å². The Bertz CT molecular complexity index is 852. The van der Waals surface area contributed by atoms with Crippen LogP contribution in [0.1, 0.15) is 57.6 Å². The number of amides is 2. The van der Waals surface area contributed by atoms with Gasteiger partial charge in [-0.25, -0.2) is 0 Å². The van der Waals surface area contributed by atoms with Crippen LogP contribution >= 0.6 is 11.6 Å². The van der Waals surface area contributed by atoms with Gasteiger partial charge in [-0.2, -0.15) is 0 Å². The fourth-order valence-electron chi connectivity index (χ4n) is 3.27. The number of nitrogens with zero attached hydrogens (tertiary/aromatic N) is 1. The maximum atomic E-state index is 13.2. The summed E-state index contributed by atoms with van der Waals surface area (Å²) in [5.41, 5.74) is 2.00. The number of carbonyl (C=O) groups is 2. The van der Waals surface area contributed by atoms with Gasteiger partial charge in [0.1, 0.15) is 11.8 Å². The van der Waals surface area contributed by atoms with Gasteiger partial charge < -0.3 is 15.0 Å². The van der Waals surface area contributed by atoms with Crippen LogP contribution in [0.25, 0.3) is 0 Å². The van der Waals surface area contributed by atoms with E-state index in [1.165, 1.54) is 5.56 Å². The van der Waals surface area contributed by atoms with Crippen molar-refractivity contribution in [1.29, 1.82) is 0 Å². The molecule has 31 heavy (non-hydrogen) atoms. The van der Waals surface area contributed by atoms with Gasteiger partial charge in [-0.15, -0.1) is 0 Å². The number of carbonyl (C=O) groups excluding carboxylic acids is 2. The maximum absolute atomic E-state index is 13.2. The Morgan fingerprint density at radius 3 is 2.32 bits per heavy atom. The Kier molecular flexibility index (Phi) is 9.86. The van der Waals surface area contributed by atoms with Crippen LogP contribution in [-0.2, 0) is 16.1 Å². The number of hydrogen-bond donors (Lipinski definition) is 1. The molecule has 0 saturated carbocycles. The molecule has 0 unspecified atom stereocenters. The molecule has 5 nitrogen and oxygen atoms in total. The molecular weight excluding hydrogens is 412 g/mol. The first-order valence-electron chi connectivity index (χ1n) is 10.9. The number of nitrogens with one attached hydrogen (secondary N) is 1. The Morgan fingerprint density at radius 2 is 1.74 bits per heavy atom. The average Bonchev–Trinajstić information content (AvgIpc) is 2.77. The molecule has 0 aromatic heterocycles. The molecule has 1 atom stereocenters. The smallest absolute Gasteiger partial charge is 0.261 e. The molecule has 2 aromatic rings. The molecule has 168 valence electrons. The van der Waals surface area contributed by atoms with E-state index in [4.69, 9.17) is 16.3 Å². The summed E-state index contributed by atoms with van der Waals surface area (Å²) in [5, 5.41) is 3.47. The molecule has 2 rings (SSSR count). The fraction of sp³-hybridized carbons (Fsp3) is 0.440. The molecule has 0 bridgehead atoms. The first-order valence-corrected chi connectivity index (χ1v) is 11.3. The van der Waals surface area contributed by atoms with E-state index in [1.54, 1.807) is 11.0 Å². The van der Waals surface area contributed by atoms with Gasteiger partial charge in [-0.3, -0.25) is 9.59 Å². The summed E-state index contributed by atoms with van der Waals surface area (Å²) in [6.07, 6.45) is 1.32. The van der Waals surface area contributed by atoms with E-state index < -0.39 is 6.04 Å². The van der Waals surface area contributed by atoms with E-state index in [2.05, 4.69) is 19.2 Å². The lowest BCUT2D eigenvalue weighted by Gasteiger charge is -2.30. The Balaban J connectivity index is 2.18. The summed E-state index contributed by atoms with van der Waals surface area (Å²) in [6.45, 7) is 8.80. The van der Waals surface area contributed by atoms with Crippen LogP contribution in [0.2, 0.25) is 5.02 Å². The van der Waals surface area contributed by atoms with Gasteiger partial charge in [0, 0.05) is 18.1 Å². The van der Waals surface area contributed by atoms with Crippen LogP contribution in [-0.4, -0.2) is 35.9 Å². The third-order valence-corrected chi connectivity index (χ3v) is 5.51. The third-order valence-electron chi connectivity index (χ3n) is 5.14. The lowest BCUT2D eigenvalue weighted by atomic mass is 10.0. The molecule has 0 spiro atoms. The summed E-state index contributed by atoms with van der Waals surface area (Å²) in [6, 6.07) is 14.5. The Hall–Kier alpha value is -2.53. The molecule has 0 heterocycles. The third kappa shape index (κ3) is 7.28. The molecule has 0 radical (unpaired) electrons. The zero-order valence-corrected chi connectivity index (χ0v) is 19.6. The second kappa shape index (κ2) is 12.4. The first kappa shape index (κ1) is 24.7. The SMILES string of the molecule is CCCNC(=O)[C@H](CC)N(Cc1ccccc1Cl)C(=O)COc1ccc(C(C)C)cc1. The molecule has 2 aromatic carbocycles. The first-order chi connectivity index (χ1) is 14.9. The summed E-state index contributed by atoms with van der Waals surface area (Å²) < 4.78 is 5.75. The number of benzene rings is 2. The number of hydrogen-bond acceptors (Lipinski definition) is 3. The van der Waals surface area contributed by atoms with E-state index in [0.29, 0.717) is 29.7 Å². The molecule has 2 amide bonds. The highest BCUT2D eigenvalue weighted by molar-refractivity contribution is 6.31. The lowest BCUT2D eigenvalue weighted by molar-refractivity contribution is -0.143. The van der Waals surface area contributed by atoms with Crippen LogP contribution < -0.4 is 10.1 Å². The van der Waals surface area contributed by atoms with Crippen LogP contribution in [0, 0.1) is 0 Å². The number of ether oxygens (including phenoxy) is 1. The normalized spacial score (nSPS) is 11.8. The molecule has 0 aliphatic carbocycles. The summed E-state index contributed by atoms with van der Waals surface area (Å²) in [7, 11) is 0. The monoisotopic (exact) mass is 444 g/mol. The maximum Gasteiger partial charge on any atom is 0.261 e. The number of halogens is 1. The molecule has 0 aliphatic rings. The zero-order chi connectivity index (χ0) is 22.8. The Morgan fingerprint density at radius 1 is 1.06 bits per heavy atom. The van der Waals surface area contributed by atoms with Gasteiger partial charge in [-0.05, 0) is 48.1 Å². The standard InChI is InChI=1S/C25H33ClN2O3/c1-5-15-27-25(30)23(6-2)28(16-20-9-7-8-10-22(20)26)24(29)17-31-21-13-11-19(12-14-21)18(3)4/h7-14,18,23H,5-6,15-17H2,1-4H3,(H,27,30)/t23-/m0/s1. The largest absolute Gasteiger partial charge is 0.484 e. The van der Waals surface area contributed by atoms with Gasteiger partial charge in [0.05, 0.1) is 0 Å². The van der Waals surface area contributed by atoms with Gasteiger partial charge in [0.2, 0.25) is 5.91 Å². The van der Waals surface area contributed by atoms with Gasteiger partial charge in [0.15, 0.2) is 6.61 Å². The molecule has 0 aliphatic heterocycles. The van der Waals surface area contributed by atoms with E-state index in [-0.39, 0.29) is 25.0 Å². The lowest BCUT2D eigenvalue weighted by Crippen LogP contribution is -2.50. The number of rotatable bonds is 11. The molecule has 1 N–H and O–H groups in total. The van der Waals surface area contributed by atoms with Gasteiger partial charge in [-0.1, -0.05) is 69.6 Å². The van der Waals surface area contributed by atoms with Crippen molar-refractivity contribution in [1.82, 2.24) is 10.2 Å². The quantitative estimate of drug-likeness (QED) is 0.519. The summed E-state index contributed by atoms with van der Waals surface area (Å²) >= 11 is 6.33. The van der Waals surface area contributed by atoms with E-state index in [1.807, 2.05) is 56.3 Å². The minimum atomic E-state index is -0.595. The van der Waals surface area contributed by atoms with Crippen molar-refractivity contribution in [2.75, 3.05) is 13.2 Å². The second-order valence-corrected chi connectivity index (χ2v) is 8.25. The van der Waals surface area contributed by atoms with Crippen molar-refractivity contribution >= 4 is 23.4 Å². The van der Waals surface area contributed by atoms with Crippen LogP contribution in [0.15, 0.2) is 48.5 Å². The molecular formula is C25H33ClN2O3. The minimum absolute atomic E-state index is 0.150. The highest BCUT2D eigenvalue weighted by atomic mass is 35.5. The zero-order valence-electron chi connectivity index (χ0n) is 18.9. The predicted octanol–water partition coefficient (Wildman–Crippen LogP) is 5.18. The van der Waals surface area contributed by atoms with Crippen LogP contribution in [0.3, 0.4) is 0 Å². The minimum Gasteiger partial charge on any atom is -0.484 e. The highest BCUT2D eigenvalue weighted by Crippen LogP contribution is 2.21. The van der Waals surface area contributed by atoms with Gasteiger partial charge >= 0.3 is 0 Å². The molecule has 0 saturated heterocycles. The average molecular weight is 445 g/mol. The van der Waals surface area contributed by atoms with Crippen molar-refractivity contribution in [2.24, 2.45) is 0 Å². The Labute approximate surface area is 190 Å². The van der Waals surface area contributed by atoms with Crippen molar-refractivity contribution in [2.45, 2.75) is 59.0 Å². The van der Waals surface area contributed by atoms with E-state index in [9.17, 15) is 9.59 Å². The fourth-order valence-corrected chi connectivity index (χ4v) is 3.47. The highest BCUT2D eigenvalue weighted by Gasteiger charge is 2.29. The molecule has 6 heteroatoms. The topological polar surface area (TPSA) is 58.6 Å². The summed E-state index contributed by atoms with van der Waals surface area (Å²) in [4.78, 5) is 27.5. The van der Waals surface area contributed by atoms with Crippen LogP contribution in [0.5, 0.6) is 5.75 Å². The molecule has 0 fully saturated rings. The van der Waals surface area contributed by atoms with Crippen molar-refractivity contribution in [3.8, 4) is 5.75 Å². The van der Waals surface area contributed by atoms with Crippen molar-refractivity contribution in [3.05, 3.63) is 64.7 Å². The van der Waals surface area contributed by atoms with Crippen molar-refractivity contribution < 1.29 is 14.3 Å². The van der Waals surface area contributed by atoms with E-state index in [0.717, 1.165) is 12.0 Å². The second-order valence-electron chi connectivity index (χ2n) is 7.84. The van der Waals surface area contributed by atoms with Gasteiger partial charge in [0.25, 0.3) is 5.91 Å². The predicted molar refractivity (Wildman–Crippen MR) is 125 cm³/mol. The summed E-state index contributed by atoms with van der Waals surface area (Å²) in [5.74, 6) is 0.630. The van der Waals surface area contributed by atoms with E-state index >= 15 is 0 Å².